The van der Waals surface area contributed by atoms with Gasteiger partial charge < -0.3 is 14.8 Å². The smallest absolute Gasteiger partial charge is 0.337 e. The lowest BCUT2D eigenvalue weighted by Crippen LogP contribution is -2.40. The maximum absolute atomic E-state index is 13.7. The SMILES string of the molecule is COC(=O)c1ccc(NC(=O)Cn2c(=O)n(-c3ccc(OC)cc3)c(=O)c3c4c(sc32)CCCC4)cc1. The van der Waals surface area contributed by atoms with Crippen LogP contribution in [0.15, 0.2) is 58.1 Å². The number of carbonyl (C=O) groups is 2. The van der Waals surface area contributed by atoms with E-state index in [2.05, 4.69) is 5.32 Å². The summed E-state index contributed by atoms with van der Waals surface area (Å²) >= 11 is 1.42. The number of fused-ring (bicyclic) bond motifs is 3. The van der Waals surface area contributed by atoms with Crippen LogP contribution in [0.5, 0.6) is 5.75 Å². The third kappa shape index (κ3) is 4.55. The first-order valence-electron chi connectivity index (χ1n) is 11.8. The van der Waals surface area contributed by atoms with Crippen molar-refractivity contribution in [3.63, 3.8) is 0 Å². The predicted octanol–water partition coefficient (Wildman–Crippen LogP) is 3.53. The van der Waals surface area contributed by atoms with Gasteiger partial charge in [0.1, 0.15) is 17.1 Å². The van der Waals surface area contributed by atoms with Crippen LogP contribution in [0.1, 0.15) is 33.6 Å². The Kier molecular flexibility index (Phi) is 6.66. The lowest BCUT2D eigenvalue weighted by molar-refractivity contribution is -0.116. The molecule has 1 amide bonds. The molecule has 1 aliphatic rings. The van der Waals surface area contributed by atoms with Crippen molar-refractivity contribution >= 4 is 39.1 Å². The van der Waals surface area contributed by atoms with E-state index in [0.29, 0.717) is 32.9 Å². The number of nitrogens with one attached hydrogen (secondary N) is 1. The van der Waals surface area contributed by atoms with Gasteiger partial charge in [0, 0.05) is 10.6 Å². The Labute approximate surface area is 215 Å². The zero-order chi connectivity index (χ0) is 26.1. The Balaban J connectivity index is 1.57. The van der Waals surface area contributed by atoms with Crippen molar-refractivity contribution in [3.05, 3.63) is 85.4 Å². The number of hydrogen-bond acceptors (Lipinski definition) is 7. The molecule has 1 aliphatic carbocycles. The number of esters is 1. The third-order valence-electron chi connectivity index (χ3n) is 6.46. The second-order valence-corrected chi connectivity index (χ2v) is 9.80. The Hall–Kier alpha value is -4.18. The minimum absolute atomic E-state index is 0.274. The van der Waals surface area contributed by atoms with Gasteiger partial charge in [-0.15, -0.1) is 11.3 Å². The Morgan fingerprint density at radius 3 is 2.35 bits per heavy atom. The van der Waals surface area contributed by atoms with Crippen molar-refractivity contribution in [2.45, 2.75) is 32.2 Å². The first kappa shape index (κ1) is 24.5. The number of rotatable bonds is 6. The molecule has 37 heavy (non-hydrogen) atoms. The number of thiophene rings is 1. The van der Waals surface area contributed by atoms with E-state index < -0.39 is 17.6 Å². The summed E-state index contributed by atoms with van der Waals surface area (Å²) in [4.78, 5) is 53.7. The van der Waals surface area contributed by atoms with Gasteiger partial charge in [-0.2, -0.15) is 0 Å². The van der Waals surface area contributed by atoms with Crippen LogP contribution in [0, 0.1) is 0 Å². The molecule has 4 aromatic rings. The van der Waals surface area contributed by atoms with E-state index in [-0.39, 0.29) is 12.1 Å². The molecule has 10 heteroatoms. The number of nitrogens with zero attached hydrogens (tertiary/aromatic N) is 2. The molecule has 0 fully saturated rings. The summed E-state index contributed by atoms with van der Waals surface area (Å²) in [5.74, 6) is -0.307. The fourth-order valence-corrected chi connectivity index (χ4v) is 5.99. The zero-order valence-corrected chi connectivity index (χ0v) is 21.2. The summed E-state index contributed by atoms with van der Waals surface area (Å²) in [6, 6.07) is 12.9. The molecule has 2 aromatic heterocycles. The van der Waals surface area contributed by atoms with Crippen LogP contribution in [0.3, 0.4) is 0 Å². The zero-order valence-electron chi connectivity index (χ0n) is 20.4. The number of carbonyl (C=O) groups excluding carboxylic acids is 2. The van der Waals surface area contributed by atoms with E-state index in [1.54, 1.807) is 55.6 Å². The highest BCUT2D eigenvalue weighted by molar-refractivity contribution is 7.18. The summed E-state index contributed by atoms with van der Waals surface area (Å²) in [7, 11) is 2.84. The van der Waals surface area contributed by atoms with E-state index in [4.69, 9.17) is 9.47 Å². The number of aryl methyl sites for hydroxylation is 2. The molecule has 0 saturated heterocycles. The number of amides is 1. The first-order valence-corrected chi connectivity index (χ1v) is 12.7. The fourth-order valence-electron chi connectivity index (χ4n) is 4.62. The molecular weight excluding hydrogens is 494 g/mol. The molecule has 0 atom stereocenters. The second-order valence-electron chi connectivity index (χ2n) is 8.72. The van der Waals surface area contributed by atoms with Crippen molar-refractivity contribution in [2.75, 3.05) is 19.5 Å². The van der Waals surface area contributed by atoms with Crippen LogP contribution in [0.25, 0.3) is 15.9 Å². The molecule has 0 radical (unpaired) electrons. The van der Waals surface area contributed by atoms with Crippen molar-refractivity contribution in [3.8, 4) is 11.4 Å². The molecule has 1 N–H and O–H groups in total. The minimum Gasteiger partial charge on any atom is -0.497 e. The lowest BCUT2D eigenvalue weighted by Gasteiger charge is -2.14. The lowest BCUT2D eigenvalue weighted by atomic mass is 9.97. The minimum atomic E-state index is -0.586. The highest BCUT2D eigenvalue weighted by Gasteiger charge is 2.25. The van der Waals surface area contributed by atoms with Gasteiger partial charge in [-0.3, -0.25) is 14.2 Å². The van der Waals surface area contributed by atoms with Gasteiger partial charge in [-0.05, 0) is 79.8 Å². The van der Waals surface area contributed by atoms with E-state index in [9.17, 15) is 19.2 Å². The fraction of sp³-hybridized carbons (Fsp3) is 0.259. The number of benzene rings is 2. The van der Waals surface area contributed by atoms with Gasteiger partial charge in [-0.25, -0.2) is 14.2 Å². The summed E-state index contributed by atoms with van der Waals surface area (Å²) < 4.78 is 12.4. The van der Waals surface area contributed by atoms with Gasteiger partial charge in [0.2, 0.25) is 5.91 Å². The third-order valence-corrected chi connectivity index (χ3v) is 7.77. The van der Waals surface area contributed by atoms with Gasteiger partial charge in [0.05, 0.1) is 30.9 Å². The molecule has 9 nitrogen and oxygen atoms in total. The van der Waals surface area contributed by atoms with Crippen LogP contribution >= 0.6 is 11.3 Å². The number of anilines is 1. The quantitative estimate of drug-likeness (QED) is 0.391. The maximum Gasteiger partial charge on any atom is 0.337 e. The first-order chi connectivity index (χ1) is 17.9. The highest BCUT2D eigenvalue weighted by Crippen LogP contribution is 2.34. The van der Waals surface area contributed by atoms with Gasteiger partial charge in [0.15, 0.2) is 0 Å². The Morgan fingerprint density at radius 2 is 1.68 bits per heavy atom. The molecule has 2 heterocycles. The number of methoxy groups -OCH3 is 2. The van der Waals surface area contributed by atoms with Crippen molar-refractivity contribution in [2.24, 2.45) is 0 Å². The molecule has 0 aliphatic heterocycles. The average molecular weight is 520 g/mol. The summed E-state index contributed by atoms with van der Waals surface area (Å²) in [5.41, 5.74) is 1.24. The molecular formula is C27H25N3O6S. The standard InChI is InChI=1S/C27H25N3O6S/c1-35-19-13-11-18(12-14-19)30-24(32)23-20-5-3-4-6-21(20)37-25(23)29(27(30)34)15-22(31)28-17-9-7-16(8-10-17)26(33)36-2/h7-14H,3-6,15H2,1-2H3,(H,28,31). The van der Waals surface area contributed by atoms with Gasteiger partial charge >= 0.3 is 11.7 Å². The van der Waals surface area contributed by atoms with Crippen molar-refractivity contribution < 1.29 is 19.1 Å². The highest BCUT2D eigenvalue weighted by atomic mass is 32.1. The summed E-state index contributed by atoms with van der Waals surface area (Å²) in [5, 5.41) is 3.27. The average Bonchev–Trinajstić information content (AvgIpc) is 3.31. The van der Waals surface area contributed by atoms with E-state index in [0.717, 1.165) is 40.7 Å². The van der Waals surface area contributed by atoms with Crippen LogP contribution in [0.2, 0.25) is 0 Å². The Morgan fingerprint density at radius 1 is 0.973 bits per heavy atom. The number of hydrogen-bond donors (Lipinski definition) is 1. The molecule has 5 rings (SSSR count). The number of ether oxygens (including phenoxy) is 2. The normalized spacial score (nSPS) is 12.7. The largest absolute Gasteiger partial charge is 0.497 e. The Bertz CT molecular complexity index is 1610. The van der Waals surface area contributed by atoms with E-state index in [1.165, 1.54) is 23.0 Å². The van der Waals surface area contributed by atoms with Crippen LogP contribution in [-0.4, -0.2) is 35.2 Å². The van der Waals surface area contributed by atoms with Gasteiger partial charge in [-0.1, -0.05) is 0 Å². The predicted molar refractivity (Wildman–Crippen MR) is 141 cm³/mol. The summed E-state index contributed by atoms with van der Waals surface area (Å²) in [6.45, 7) is -0.274. The molecule has 0 spiro atoms. The molecule has 0 bridgehead atoms. The number of aromatic nitrogens is 2. The monoisotopic (exact) mass is 519 g/mol. The van der Waals surface area contributed by atoms with E-state index in [1.807, 2.05) is 0 Å². The van der Waals surface area contributed by atoms with Crippen LogP contribution < -0.4 is 21.3 Å². The van der Waals surface area contributed by atoms with Gasteiger partial charge in [0.25, 0.3) is 5.56 Å². The molecule has 0 saturated carbocycles. The molecule has 2 aromatic carbocycles. The second kappa shape index (κ2) is 10.1. The summed E-state index contributed by atoms with van der Waals surface area (Å²) in [6.07, 6.45) is 3.62. The topological polar surface area (TPSA) is 109 Å². The van der Waals surface area contributed by atoms with Crippen molar-refractivity contribution in [1.29, 1.82) is 0 Å². The van der Waals surface area contributed by atoms with Crippen LogP contribution in [-0.2, 0) is 28.9 Å². The van der Waals surface area contributed by atoms with Crippen molar-refractivity contribution in [1.82, 2.24) is 9.13 Å². The molecule has 0 unspecified atom stereocenters. The van der Waals surface area contributed by atoms with E-state index >= 15 is 0 Å². The van der Waals surface area contributed by atoms with Crippen LogP contribution in [0.4, 0.5) is 5.69 Å². The maximum atomic E-state index is 13.7. The molecule has 190 valence electrons.